The Labute approximate surface area is 150 Å². The number of aromatic nitrogens is 6. The van der Waals surface area contributed by atoms with Gasteiger partial charge in [-0.3, -0.25) is 4.40 Å². The Morgan fingerprint density at radius 2 is 2.00 bits per heavy atom. The summed E-state index contributed by atoms with van der Waals surface area (Å²) in [5.41, 5.74) is 1.63. The average molecular weight is 370 g/mol. The lowest BCUT2D eigenvalue weighted by molar-refractivity contribution is -0.0560. The van der Waals surface area contributed by atoms with Gasteiger partial charge in [0.2, 0.25) is 0 Å². The number of ether oxygens (including phenoxy) is 1. The third kappa shape index (κ3) is 3.01. The molecule has 0 unspecified atom stereocenters. The number of aryl methyl sites for hydroxylation is 1. The molecule has 0 fully saturated rings. The van der Waals surface area contributed by atoms with Crippen LogP contribution in [0.5, 0.6) is 6.01 Å². The van der Waals surface area contributed by atoms with Crippen LogP contribution in [0.3, 0.4) is 0 Å². The summed E-state index contributed by atoms with van der Waals surface area (Å²) >= 11 is 0. The normalized spacial score (nSPS) is 11.3. The topological polar surface area (TPSA) is 87.2 Å². The highest BCUT2D eigenvalue weighted by Crippen LogP contribution is 2.25. The second-order valence-corrected chi connectivity index (χ2v) is 5.53. The first-order valence-corrected chi connectivity index (χ1v) is 7.84. The molecule has 0 atom stereocenters. The lowest BCUT2D eigenvalue weighted by Crippen LogP contribution is -2.28. The van der Waals surface area contributed by atoms with Gasteiger partial charge in [-0.2, -0.15) is 23.5 Å². The molecule has 4 aromatic heterocycles. The van der Waals surface area contributed by atoms with Crippen LogP contribution in [0.4, 0.5) is 8.78 Å². The molecule has 136 valence electrons. The monoisotopic (exact) mass is 370 g/mol. The lowest BCUT2D eigenvalue weighted by Gasteiger charge is -2.06. The molecule has 0 bridgehead atoms. The van der Waals surface area contributed by atoms with Gasteiger partial charge in [-0.25, -0.2) is 14.8 Å². The predicted molar refractivity (Wildman–Crippen MR) is 91.0 cm³/mol. The quantitative estimate of drug-likeness (QED) is 0.548. The van der Waals surface area contributed by atoms with E-state index in [1.54, 1.807) is 43.5 Å². The van der Waals surface area contributed by atoms with Crippen LogP contribution < -0.4 is 10.4 Å². The molecule has 4 heterocycles. The van der Waals surface area contributed by atoms with E-state index in [1.165, 1.54) is 21.5 Å². The number of alkyl halides is 2. The van der Waals surface area contributed by atoms with Gasteiger partial charge >= 0.3 is 18.3 Å². The first kappa shape index (κ1) is 16.8. The predicted octanol–water partition coefficient (Wildman–Crippen LogP) is 2.25. The molecule has 0 aliphatic rings. The van der Waals surface area contributed by atoms with E-state index >= 15 is 0 Å². The molecule has 4 aromatic rings. The number of pyridine rings is 1. The van der Waals surface area contributed by atoms with Crippen molar-refractivity contribution in [2.45, 2.75) is 13.5 Å². The molecule has 0 aliphatic heterocycles. The van der Waals surface area contributed by atoms with Gasteiger partial charge < -0.3 is 4.74 Å². The van der Waals surface area contributed by atoms with Crippen LogP contribution in [0.2, 0.25) is 0 Å². The summed E-state index contributed by atoms with van der Waals surface area (Å²) in [6.07, 6.45) is 4.39. The van der Waals surface area contributed by atoms with Gasteiger partial charge in [0.1, 0.15) is 0 Å². The fourth-order valence-electron chi connectivity index (χ4n) is 2.76. The van der Waals surface area contributed by atoms with Gasteiger partial charge in [0.05, 0.1) is 17.4 Å². The van der Waals surface area contributed by atoms with E-state index in [2.05, 4.69) is 24.8 Å². The fraction of sp³-hybridized carbons (Fsp3) is 0.118. The van der Waals surface area contributed by atoms with E-state index in [0.29, 0.717) is 28.3 Å². The third-order valence-corrected chi connectivity index (χ3v) is 3.92. The van der Waals surface area contributed by atoms with Crippen molar-refractivity contribution in [2.24, 2.45) is 0 Å². The Bertz CT molecular complexity index is 1170. The van der Waals surface area contributed by atoms with Gasteiger partial charge in [0, 0.05) is 23.7 Å². The van der Waals surface area contributed by atoms with E-state index in [9.17, 15) is 13.6 Å². The summed E-state index contributed by atoms with van der Waals surface area (Å²) in [6, 6.07) is 7.95. The molecule has 0 amide bonds. The van der Waals surface area contributed by atoms with Crippen LogP contribution in [-0.2, 0) is 0 Å². The second kappa shape index (κ2) is 6.56. The second-order valence-electron chi connectivity index (χ2n) is 5.53. The number of hydrogen-bond acceptors (Lipinski definition) is 6. The minimum atomic E-state index is -3.02. The number of rotatable bonds is 4. The van der Waals surface area contributed by atoms with Gasteiger partial charge in [0.15, 0.2) is 5.82 Å². The van der Waals surface area contributed by atoms with Crippen molar-refractivity contribution in [1.29, 1.82) is 0 Å². The van der Waals surface area contributed by atoms with E-state index in [-0.39, 0.29) is 0 Å². The molecule has 0 aromatic carbocycles. The summed E-state index contributed by atoms with van der Waals surface area (Å²) in [6.45, 7) is -1.30. The summed E-state index contributed by atoms with van der Waals surface area (Å²) in [4.78, 5) is 24.6. The molecule has 0 aliphatic carbocycles. The van der Waals surface area contributed by atoms with Crippen LogP contribution >= 0.6 is 0 Å². The van der Waals surface area contributed by atoms with Crippen molar-refractivity contribution < 1.29 is 13.5 Å². The average Bonchev–Trinajstić information content (AvgIpc) is 3.00. The van der Waals surface area contributed by atoms with E-state index in [4.69, 9.17) is 0 Å². The van der Waals surface area contributed by atoms with Gasteiger partial charge in [0.25, 0.3) is 0 Å². The first-order chi connectivity index (χ1) is 13.0. The smallest absolute Gasteiger partial charge is 0.389 e. The molecular weight excluding hydrogens is 358 g/mol. The molecule has 27 heavy (non-hydrogen) atoms. The first-order valence-electron chi connectivity index (χ1n) is 7.84. The largest absolute Gasteiger partial charge is 0.401 e. The fourth-order valence-corrected chi connectivity index (χ4v) is 2.76. The highest BCUT2D eigenvalue weighted by molar-refractivity contribution is 5.70. The van der Waals surface area contributed by atoms with Crippen molar-refractivity contribution in [3.05, 3.63) is 65.1 Å². The summed E-state index contributed by atoms with van der Waals surface area (Å²) in [7, 11) is 0. The number of fused-ring (bicyclic) bond motifs is 1. The van der Waals surface area contributed by atoms with Crippen LogP contribution in [0, 0.1) is 6.92 Å². The third-order valence-electron chi connectivity index (χ3n) is 3.92. The summed E-state index contributed by atoms with van der Waals surface area (Å²) < 4.78 is 31.7. The molecule has 4 rings (SSSR count). The highest BCUT2D eigenvalue weighted by atomic mass is 19.3. The van der Waals surface area contributed by atoms with Crippen molar-refractivity contribution in [2.75, 3.05) is 0 Å². The number of halogens is 2. The molecular formula is C17H12F2N6O2. The number of hydrogen-bond donors (Lipinski definition) is 0. The minimum absolute atomic E-state index is 0.352. The van der Waals surface area contributed by atoms with Crippen LogP contribution in [0.15, 0.2) is 53.7 Å². The Morgan fingerprint density at radius 1 is 1.15 bits per heavy atom. The molecule has 8 nitrogen and oxygen atoms in total. The van der Waals surface area contributed by atoms with Gasteiger partial charge in [-0.15, -0.1) is 0 Å². The van der Waals surface area contributed by atoms with Crippen LogP contribution in [-0.4, -0.2) is 35.7 Å². The van der Waals surface area contributed by atoms with Gasteiger partial charge in [-0.05, 0) is 31.2 Å². The van der Waals surface area contributed by atoms with Crippen molar-refractivity contribution >= 4 is 5.52 Å². The van der Waals surface area contributed by atoms with Gasteiger partial charge in [-0.1, -0.05) is 6.07 Å². The maximum Gasteiger partial charge on any atom is 0.389 e. The molecule has 10 heteroatoms. The molecule has 0 saturated carbocycles. The standard InChI is InChI=1S/C17H12F2N6O2/c1-10-12(13-5-7-21-16(23-13)27-15(18)19)8-11-9-22-25(17(26)24(10)11)14-4-2-3-6-20-14/h2-9,15H,1H3. The molecule has 0 spiro atoms. The summed E-state index contributed by atoms with van der Waals surface area (Å²) in [5, 5.41) is 4.15. The Balaban J connectivity index is 1.86. The molecule has 0 radical (unpaired) electrons. The van der Waals surface area contributed by atoms with E-state index < -0.39 is 18.3 Å². The molecule has 0 saturated heterocycles. The van der Waals surface area contributed by atoms with E-state index in [0.717, 1.165) is 0 Å². The zero-order valence-electron chi connectivity index (χ0n) is 14.0. The van der Waals surface area contributed by atoms with Crippen LogP contribution in [0.25, 0.3) is 22.6 Å². The Kier molecular flexibility index (Phi) is 4.07. The molecule has 0 N–H and O–H groups in total. The SMILES string of the molecule is Cc1c(-c2ccnc(OC(F)F)n2)cc2cnn(-c3ccccn3)c(=O)n12. The summed E-state index contributed by atoms with van der Waals surface area (Å²) in [5.74, 6) is 0.383. The Hall–Kier alpha value is -3.69. The van der Waals surface area contributed by atoms with Crippen LogP contribution in [0.1, 0.15) is 5.69 Å². The lowest BCUT2D eigenvalue weighted by atomic mass is 10.2. The van der Waals surface area contributed by atoms with Crippen molar-refractivity contribution in [3.63, 3.8) is 0 Å². The van der Waals surface area contributed by atoms with E-state index in [1.807, 2.05) is 0 Å². The van der Waals surface area contributed by atoms with Crippen molar-refractivity contribution in [3.8, 4) is 23.1 Å². The zero-order chi connectivity index (χ0) is 19.0. The zero-order valence-corrected chi connectivity index (χ0v) is 14.0. The minimum Gasteiger partial charge on any atom is -0.401 e. The number of nitrogens with zero attached hydrogens (tertiary/aromatic N) is 6. The maximum atomic E-state index is 12.9. The van der Waals surface area contributed by atoms with Crippen molar-refractivity contribution in [1.82, 2.24) is 29.1 Å². The Morgan fingerprint density at radius 3 is 2.74 bits per heavy atom. The maximum absolute atomic E-state index is 12.9. The highest BCUT2D eigenvalue weighted by Gasteiger charge is 2.16.